The highest BCUT2D eigenvalue weighted by Crippen LogP contribution is 2.24. The number of H-pyrrole nitrogens is 1. The Hall–Kier alpha value is -1.75. The fraction of sp³-hybridized carbons (Fsp3) is 0.400. The maximum atomic E-state index is 13.7. The minimum atomic E-state index is -0.580. The molecule has 1 aromatic carbocycles. The minimum absolute atomic E-state index is 0.0490. The fourth-order valence-corrected chi connectivity index (χ4v) is 2.71. The lowest BCUT2D eigenvalue weighted by Crippen LogP contribution is -2.25. The third-order valence-electron chi connectivity index (χ3n) is 3.77. The monoisotopic (exact) mass is 277 g/mol. The van der Waals surface area contributed by atoms with Gasteiger partial charge in [-0.15, -0.1) is 0 Å². The van der Waals surface area contributed by atoms with Crippen LogP contribution in [0.25, 0.3) is 11.3 Å². The lowest BCUT2D eigenvalue weighted by Gasteiger charge is -2.09. The summed E-state index contributed by atoms with van der Waals surface area (Å²) >= 11 is 0. The fourth-order valence-electron chi connectivity index (χ4n) is 2.71. The van der Waals surface area contributed by atoms with Crippen LogP contribution in [0.2, 0.25) is 0 Å². The van der Waals surface area contributed by atoms with Crippen LogP contribution in [-0.4, -0.2) is 16.0 Å². The van der Waals surface area contributed by atoms with Crippen LogP contribution in [0, 0.1) is 11.6 Å². The second kappa shape index (κ2) is 5.71. The molecule has 0 radical (unpaired) electrons. The molecular weight excluding hydrogens is 260 g/mol. The Bertz CT molecular complexity index is 568. The van der Waals surface area contributed by atoms with Crippen molar-refractivity contribution in [2.45, 2.75) is 38.3 Å². The molecule has 1 aliphatic rings. The summed E-state index contributed by atoms with van der Waals surface area (Å²) in [6, 6.07) is 4.38. The van der Waals surface area contributed by atoms with E-state index >= 15 is 0 Å². The molecule has 1 fully saturated rings. The van der Waals surface area contributed by atoms with Gasteiger partial charge in [-0.3, -0.25) is 0 Å². The molecule has 0 amide bonds. The molecule has 3 rings (SSSR count). The van der Waals surface area contributed by atoms with Crippen LogP contribution in [0.4, 0.5) is 8.78 Å². The third-order valence-corrected chi connectivity index (χ3v) is 3.77. The summed E-state index contributed by atoms with van der Waals surface area (Å²) in [4.78, 5) is 7.17. The molecule has 106 valence electrons. The Morgan fingerprint density at radius 3 is 2.60 bits per heavy atom. The SMILES string of the molecule is Fc1cccc(F)c1-c1cnc(CNC2CCCC2)[nH]1. The lowest BCUT2D eigenvalue weighted by atomic mass is 10.1. The average Bonchev–Trinajstić information content (AvgIpc) is 3.07. The smallest absolute Gasteiger partial charge is 0.135 e. The van der Waals surface area contributed by atoms with Crippen LogP contribution >= 0.6 is 0 Å². The van der Waals surface area contributed by atoms with Crippen LogP contribution in [0.15, 0.2) is 24.4 Å². The van der Waals surface area contributed by atoms with E-state index in [2.05, 4.69) is 15.3 Å². The van der Waals surface area contributed by atoms with E-state index in [9.17, 15) is 8.78 Å². The van der Waals surface area contributed by atoms with E-state index in [4.69, 9.17) is 0 Å². The van der Waals surface area contributed by atoms with Gasteiger partial charge in [-0.25, -0.2) is 13.8 Å². The normalized spacial score (nSPS) is 15.9. The zero-order valence-electron chi connectivity index (χ0n) is 11.1. The molecule has 1 aliphatic carbocycles. The average molecular weight is 277 g/mol. The van der Waals surface area contributed by atoms with Crippen molar-refractivity contribution >= 4 is 0 Å². The Kier molecular flexibility index (Phi) is 3.78. The first kappa shape index (κ1) is 13.2. The van der Waals surface area contributed by atoms with Crippen LogP contribution in [0.5, 0.6) is 0 Å². The van der Waals surface area contributed by atoms with Gasteiger partial charge in [0.1, 0.15) is 17.5 Å². The Balaban J connectivity index is 1.73. The first-order chi connectivity index (χ1) is 9.74. The number of halogens is 2. The first-order valence-corrected chi connectivity index (χ1v) is 6.95. The van der Waals surface area contributed by atoms with Gasteiger partial charge in [0.25, 0.3) is 0 Å². The van der Waals surface area contributed by atoms with E-state index in [0.717, 1.165) is 0 Å². The van der Waals surface area contributed by atoms with Crippen molar-refractivity contribution in [1.29, 1.82) is 0 Å². The van der Waals surface area contributed by atoms with Gasteiger partial charge in [0.05, 0.1) is 24.0 Å². The van der Waals surface area contributed by atoms with Crippen molar-refractivity contribution in [3.05, 3.63) is 41.9 Å². The highest BCUT2D eigenvalue weighted by atomic mass is 19.1. The number of hydrogen-bond donors (Lipinski definition) is 2. The Morgan fingerprint density at radius 2 is 1.90 bits per heavy atom. The molecule has 0 aliphatic heterocycles. The van der Waals surface area contributed by atoms with E-state index in [-0.39, 0.29) is 5.56 Å². The van der Waals surface area contributed by atoms with Gasteiger partial charge in [0.2, 0.25) is 0 Å². The molecule has 1 saturated carbocycles. The quantitative estimate of drug-likeness (QED) is 0.899. The number of benzene rings is 1. The predicted octanol–water partition coefficient (Wildman–Crippen LogP) is 3.39. The lowest BCUT2D eigenvalue weighted by molar-refractivity contribution is 0.515. The van der Waals surface area contributed by atoms with Crippen LogP contribution in [0.1, 0.15) is 31.5 Å². The summed E-state index contributed by atoms with van der Waals surface area (Å²) in [6.07, 6.45) is 6.39. The second-order valence-corrected chi connectivity index (χ2v) is 5.20. The third kappa shape index (κ3) is 2.72. The molecule has 0 unspecified atom stereocenters. The predicted molar refractivity (Wildman–Crippen MR) is 73.0 cm³/mol. The molecule has 0 atom stereocenters. The standard InChI is InChI=1S/C15H17F2N3/c16-11-6-3-7-12(17)15(11)13-8-19-14(20-13)9-18-10-4-1-2-5-10/h3,6-8,10,18H,1-2,4-5,9H2,(H,19,20). The van der Waals surface area contributed by atoms with E-state index in [1.54, 1.807) is 0 Å². The summed E-state index contributed by atoms with van der Waals surface area (Å²) in [5, 5.41) is 3.41. The zero-order chi connectivity index (χ0) is 13.9. The van der Waals surface area contributed by atoms with Crippen LogP contribution < -0.4 is 5.32 Å². The molecule has 0 spiro atoms. The molecule has 2 N–H and O–H groups in total. The number of nitrogens with one attached hydrogen (secondary N) is 2. The van der Waals surface area contributed by atoms with Gasteiger partial charge in [0, 0.05) is 6.04 Å². The molecule has 0 saturated heterocycles. The highest BCUT2D eigenvalue weighted by molar-refractivity contribution is 5.60. The van der Waals surface area contributed by atoms with E-state index < -0.39 is 11.6 Å². The van der Waals surface area contributed by atoms with Crippen molar-refractivity contribution < 1.29 is 8.78 Å². The molecule has 2 aromatic rings. The highest BCUT2D eigenvalue weighted by Gasteiger charge is 2.16. The van der Waals surface area contributed by atoms with Crippen molar-refractivity contribution in [2.75, 3.05) is 0 Å². The van der Waals surface area contributed by atoms with E-state index in [0.29, 0.717) is 24.1 Å². The summed E-state index contributed by atoms with van der Waals surface area (Å²) in [7, 11) is 0. The summed E-state index contributed by atoms with van der Waals surface area (Å²) < 4.78 is 27.3. The van der Waals surface area contributed by atoms with Crippen molar-refractivity contribution in [3.8, 4) is 11.3 Å². The number of aromatic amines is 1. The van der Waals surface area contributed by atoms with Gasteiger partial charge >= 0.3 is 0 Å². The van der Waals surface area contributed by atoms with Gasteiger partial charge in [-0.2, -0.15) is 0 Å². The molecule has 0 bridgehead atoms. The maximum absolute atomic E-state index is 13.7. The summed E-state index contributed by atoms with van der Waals surface area (Å²) in [5.74, 6) is -0.456. The molecule has 20 heavy (non-hydrogen) atoms. The molecule has 3 nitrogen and oxygen atoms in total. The van der Waals surface area contributed by atoms with Gasteiger partial charge in [-0.05, 0) is 25.0 Å². The summed E-state index contributed by atoms with van der Waals surface area (Å²) in [6.45, 7) is 0.598. The number of nitrogens with zero attached hydrogens (tertiary/aromatic N) is 1. The first-order valence-electron chi connectivity index (χ1n) is 6.95. The van der Waals surface area contributed by atoms with Crippen LogP contribution in [0.3, 0.4) is 0 Å². The molecule has 5 heteroatoms. The second-order valence-electron chi connectivity index (χ2n) is 5.20. The van der Waals surface area contributed by atoms with E-state index in [1.165, 1.54) is 50.1 Å². The topological polar surface area (TPSA) is 40.7 Å². The molecular formula is C15H17F2N3. The minimum Gasteiger partial charge on any atom is -0.341 e. The zero-order valence-corrected chi connectivity index (χ0v) is 11.1. The van der Waals surface area contributed by atoms with Gasteiger partial charge in [-0.1, -0.05) is 18.9 Å². The van der Waals surface area contributed by atoms with Crippen molar-refractivity contribution in [3.63, 3.8) is 0 Å². The number of aromatic nitrogens is 2. The summed E-state index contributed by atoms with van der Waals surface area (Å²) in [5.41, 5.74) is 0.330. The number of hydrogen-bond acceptors (Lipinski definition) is 2. The maximum Gasteiger partial charge on any atom is 0.135 e. The Morgan fingerprint density at radius 1 is 1.20 bits per heavy atom. The number of rotatable bonds is 4. The largest absolute Gasteiger partial charge is 0.341 e. The van der Waals surface area contributed by atoms with Gasteiger partial charge in [0.15, 0.2) is 0 Å². The Labute approximate surface area is 116 Å². The van der Waals surface area contributed by atoms with Crippen molar-refractivity contribution in [2.24, 2.45) is 0 Å². The van der Waals surface area contributed by atoms with Crippen molar-refractivity contribution in [1.82, 2.24) is 15.3 Å². The van der Waals surface area contributed by atoms with Gasteiger partial charge < -0.3 is 10.3 Å². The van der Waals surface area contributed by atoms with E-state index in [1.807, 2.05) is 0 Å². The molecule has 1 heterocycles. The van der Waals surface area contributed by atoms with Crippen LogP contribution in [-0.2, 0) is 6.54 Å². The molecule has 1 aromatic heterocycles. The number of imidazole rings is 1.